The number of hydrogen-bond donors (Lipinski definition) is 4. The zero-order valence-corrected chi connectivity index (χ0v) is 42.7. The van der Waals surface area contributed by atoms with Gasteiger partial charge in [0.15, 0.2) is 12.6 Å². The maximum Gasteiger partial charge on any atom is 0.153 e. The number of rotatable bonds is 10. The molecular weight excluding hydrogens is 925 g/mol. The number of aldehydes is 2. The van der Waals surface area contributed by atoms with Crippen LogP contribution in [0, 0.1) is 0 Å². The summed E-state index contributed by atoms with van der Waals surface area (Å²) in [7, 11) is 0. The molecule has 0 heterocycles. The SMILES string of the molecule is CC(C)(c1cc(C=O)c(O)c(CO)c1)c1cc2ccc3ccc(-c4ccc5c(c4)C(C)(C)c4cc(-c6ccc7ccc8cc(C(C)(C)c9cc(C=O)c(O)c(CO)c9)cc9ccc6c7c89)ccc4-5)c4ccc(c1)c2c34. The minimum Gasteiger partial charge on any atom is -0.507 e. The van der Waals surface area contributed by atoms with Crippen LogP contribution in [0.3, 0.4) is 0 Å². The molecule has 1 aliphatic rings. The van der Waals surface area contributed by atoms with Gasteiger partial charge in [-0.3, -0.25) is 9.59 Å². The van der Waals surface area contributed by atoms with Gasteiger partial charge in [-0.25, -0.2) is 0 Å². The maximum atomic E-state index is 11.9. The van der Waals surface area contributed by atoms with Crippen molar-refractivity contribution < 1.29 is 30.0 Å². The zero-order chi connectivity index (χ0) is 52.0. The lowest BCUT2D eigenvalue weighted by Gasteiger charge is -2.28. The van der Waals surface area contributed by atoms with Gasteiger partial charge in [-0.15, -0.1) is 0 Å². The molecule has 0 bridgehead atoms. The number of fused-ring (bicyclic) bond motifs is 3. The Kier molecular flexibility index (Phi) is 10.1. The summed E-state index contributed by atoms with van der Waals surface area (Å²) in [5, 5.41) is 55.3. The van der Waals surface area contributed by atoms with E-state index in [1.54, 1.807) is 24.3 Å². The Bertz CT molecular complexity index is 4100. The zero-order valence-electron chi connectivity index (χ0n) is 42.7. The van der Waals surface area contributed by atoms with Crippen LogP contribution in [0.15, 0.2) is 158 Å². The summed E-state index contributed by atoms with van der Waals surface area (Å²) in [6.07, 6.45) is 1.28. The van der Waals surface area contributed by atoms with Gasteiger partial charge in [-0.05, 0) is 168 Å². The number of aliphatic hydroxyl groups excluding tert-OH is 2. The molecule has 0 amide bonds. The molecule has 1 aliphatic carbocycles. The van der Waals surface area contributed by atoms with E-state index in [1.807, 2.05) is 0 Å². The van der Waals surface area contributed by atoms with E-state index >= 15 is 0 Å². The van der Waals surface area contributed by atoms with E-state index in [2.05, 4.69) is 175 Å². The van der Waals surface area contributed by atoms with E-state index in [4.69, 9.17) is 0 Å². The van der Waals surface area contributed by atoms with Crippen LogP contribution in [0.25, 0.3) is 98.0 Å². The van der Waals surface area contributed by atoms with E-state index in [1.165, 1.54) is 87.6 Å². The van der Waals surface area contributed by atoms with E-state index in [0.29, 0.717) is 23.7 Å². The topological polar surface area (TPSA) is 115 Å². The van der Waals surface area contributed by atoms with Crippen LogP contribution in [0.5, 0.6) is 11.5 Å². The van der Waals surface area contributed by atoms with Crippen molar-refractivity contribution in [3.05, 3.63) is 213 Å². The van der Waals surface area contributed by atoms with E-state index < -0.39 is 10.8 Å². The number of phenols is 2. The molecule has 13 rings (SSSR count). The molecule has 0 fully saturated rings. The Balaban J connectivity index is 0.862. The van der Waals surface area contributed by atoms with Gasteiger partial charge >= 0.3 is 0 Å². The van der Waals surface area contributed by atoms with Gasteiger partial charge in [-0.2, -0.15) is 0 Å². The van der Waals surface area contributed by atoms with Crippen LogP contribution in [0.1, 0.15) is 107 Å². The Labute approximate surface area is 434 Å². The molecule has 0 radical (unpaired) electrons. The molecule has 4 N–H and O–H groups in total. The Morgan fingerprint density at radius 2 is 0.733 bits per heavy atom. The Morgan fingerprint density at radius 3 is 1.11 bits per heavy atom. The maximum absolute atomic E-state index is 11.9. The average molecular weight is 979 g/mol. The normalized spacial score (nSPS) is 13.5. The summed E-state index contributed by atoms with van der Waals surface area (Å²) in [6.45, 7) is 12.4. The predicted molar refractivity (Wildman–Crippen MR) is 305 cm³/mol. The summed E-state index contributed by atoms with van der Waals surface area (Å²) in [4.78, 5) is 23.9. The molecule has 0 aromatic heterocycles. The highest BCUT2D eigenvalue weighted by molar-refractivity contribution is 6.27. The second kappa shape index (κ2) is 16.3. The number of benzene rings is 12. The molecule has 0 atom stereocenters. The van der Waals surface area contributed by atoms with Gasteiger partial charge in [0.1, 0.15) is 11.5 Å². The van der Waals surface area contributed by atoms with Crippen LogP contribution in [-0.2, 0) is 29.5 Å². The number of aromatic hydroxyl groups is 2. The standard InChI is InChI=1S/C69H54O6/c1-67(2,51-27-45(33-70)65(74)46(28-51)34-71)49-23-41-9-7-37-11-17-53(57-21-15-43(25-49)61(41)63(37)57)39-13-19-55-56-20-14-40(32-60(56)69(5,6)59(55)31-39)54-18-12-38-8-10-42-24-50(26-44-16-22-58(54)64(38)62(42)44)68(3,4)52-29-47(35-72)66(75)48(30-52)36-73/h7-33,35,71,73-75H,34,36H2,1-6H3. The first-order valence-electron chi connectivity index (χ1n) is 25.6. The molecule has 366 valence electrons. The van der Waals surface area contributed by atoms with Gasteiger partial charge < -0.3 is 20.4 Å². The molecule has 75 heavy (non-hydrogen) atoms. The smallest absolute Gasteiger partial charge is 0.153 e. The minimum atomic E-state index is -0.539. The third kappa shape index (κ3) is 6.66. The minimum absolute atomic E-state index is 0.168. The Morgan fingerprint density at radius 1 is 0.400 bits per heavy atom. The van der Waals surface area contributed by atoms with Crippen LogP contribution in [-0.4, -0.2) is 33.0 Å². The van der Waals surface area contributed by atoms with Crippen molar-refractivity contribution >= 4 is 77.2 Å². The molecular formula is C69H54O6. The fourth-order valence-corrected chi connectivity index (χ4v) is 12.9. The highest BCUT2D eigenvalue weighted by Gasteiger charge is 2.37. The monoisotopic (exact) mass is 978 g/mol. The third-order valence-corrected chi connectivity index (χ3v) is 17.4. The van der Waals surface area contributed by atoms with Crippen molar-refractivity contribution in [3.8, 4) is 44.9 Å². The first kappa shape index (κ1) is 46.4. The third-order valence-electron chi connectivity index (χ3n) is 17.4. The van der Waals surface area contributed by atoms with Crippen LogP contribution < -0.4 is 0 Å². The van der Waals surface area contributed by atoms with Gasteiger partial charge in [0.05, 0.1) is 24.3 Å². The fraction of sp³-hybridized carbons (Fsp3) is 0.159. The van der Waals surface area contributed by atoms with E-state index in [-0.39, 0.29) is 41.3 Å². The molecule has 6 heteroatoms. The van der Waals surface area contributed by atoms with Crippen molar-refractivity contribution in [2.45, 2.75) is 71.0 Å². The second-order valence-electron chi connectivity index (χ2n) is 22.5. The molecule has 0 aliphatic heterocycles. The quantitative estimate of drug-likeness (QED) is 0.0802. The van der Waals surface area contributed by atoms with Crippen LogP contribution in [0.2, 0.25) is 0 Å². The molecule has 0 spiro atoms. The van der Waals surface area contributed by atoms with Crippen molar-refractivity contribution in [2.24, 2.45) is 0 Å². The van der Waals surface area contributed by atoms with Gasteiger partial charge in [0, 0.05) is 27.4 Å². The van der Waals surface area contributed by atoms with Gasteiger partial charge in [0.25, 0.3) is 0 Å². The van der Waals surface area contributed by atoms with Crippen molar-refractivity contribution in [1.29, 1.82) is 0 Å². The van der Waals surface area contributed by atoms with Crippen molar-refractivity contribution in [3.63, 3.8) is 0 Å². The summed E-state index contributed by atoms with van der Waals surface area (Å²) in [6, 6.07) is 56.8. The largest absolute Gasteiger partial charge is 0.507 e. The van der Waals surface area contributed by atoms with E-state index in [0.717, 1.165) is 43.8 Å². The first-order chi connectivity index (χ1) is 36.0. The number of hydrogen-bond acceptors (Lipinski definition) is 6. The number of aliphatic hydroxyl groups is 2. The summed E-state index contributed by atoms with van der Waals surface area (Å²) >= 11 is 0. The predicted octanol–water partition coefficient (Wildman–Crippen LogP) is 15.8. The molecule has 12 aromatic rings. The molecule has 6 nitrogen and oxygen atoms in total. The van der Waals surface area contributed by atoms with Crippen molar-refractivity contribution in [1.82, 2.24) is 0 Å². The van der Waals surface area contributed by atoms with Crippen molar-refractivity contribution in [2.75, 3.05) is 0 Å². The molecule has 0 saturated heterocycles. The fourth-order valence-electron chi connectivity index (χ4n) is 12.9. The lowest BCUT2D eigenvalue weighted by atomic mass is 9.75. The van der Waals surface area contributed by atoms with Gasteiger partial charge in [0.2, 0.25) is 0 Å². The Hall–Kier alpha value is -8.42. The first-order valence-corrected chi connectivity index (χ1v) is 25.6. The number of carbonyl (C=O) groups excluding carboxylic acids is 2. The lowest BCUT2D eigenvalue weighted by molar-refractivity contribution is 0.111. The van der Waals surface area contributed by atoms with E-state index in [9.17, 15) is 30.0 Å². The molecule has 12 aromatic carbocycles. The molecule has 0 unspecified atom stereocenters. The average Bonchev–Trinajstić information content (AvgIpc) is 3.68. The summed E-state index contributed by atoms with van der Waals surface area (Å²) in [5.74, 6) is -0.353. The molecule has 0 saturated carbocycles. The second-order valence-corrected chi connectivity index (χ2v) is 22.5. The summed E-state index contributed by atoms with van der Waals surface area (Å²) in [5.41, 5.74) is 13.3. The van der Waals surface area contributed by atoms with Gasteiger partial charge in [-0.1, -0.05) is 163 Å². The van der Waals surface area contributed by atoms with Crippen LogP contribution in [0.4, 0.5) is 0 Å². The highest BCUT2D eigenvalue weighted by atomic mass is 16.3. The lowest BCUT2D eigenvalue weighted by Crippen LogP contribution is -2.20. The number of carbonyl (C=O) groups is 2. The van der Waals surface area contributed by atoms with Crippen LogP contribution >= 0.6 is 0 Å². The highest BCUT2D eigenvalue weighted by Crippen LogP contribution is 2.53. The summed E-state index contributed by atoms with van der Waals surface area (Å²) < 4.78 is 0.